The zero-order valence-electron chi connectivity index (χ0n) is 25.0. The Morgan fingerprint density at radius 2 is 1.72 bits per heavy atom. The number of nitrogens with zero attached hydrogens (tertiary/aromatic N) is 2. The zero-order valence-corrected chi connectivity index (χ0v) is 26.7. The summed E-state index contributed by atoms with van der Waals surface area (Å²) in [6, 6.07) is 6.48. The van der Waals surface area contributed by atoms with E-state index in [1.54, 1.807) is 13.8 Å². The Hall–Kier alpha value is -3.02. The van der Waals surface area contributed by atoms with E-state index < -0.39 is 81.5 Å². The summed E-state index contributed by atoms with van der Waals surface area (Å²) < 4.78 is 47.6. The summed E-state index contributed by atoms with van der Waals surface area (Å²) in [5.41, 5.74) is -1.76. The summed E-state index contributed by atoms with van der Waals surface area (Å²) in [4.78, 5) is 78.3. The molecule has 4 rings (SSSR count). The number of rotatable bonds is 12. The van der Waals surface area contributed by atoms with Crippen molar-refractivity contribution in [1.82, 2.24) is 14.9 Å². The Kier molecular flexibility index (Phi) is 10.9. The second-order valence-corrected chi connectivity index (χ2v) is 14.8. The van der Waals surface area contributed by atoms with Crippen LogP contribution in [-0.2, 0) is 39.5 Å². The van der Waals surface area contributed by atoms with E-state index in [1.807, 2.05) is 0 Å². The molecule has 46 heavy (non-hydrogen) atoms. The number of anilines is 1. The van der Waals surface area contributed by atoms with Gasteiger partial charge in [-0.2, -0.15) is 4.98 Å². The van der Waals surface area contributed by atoms with E-state index >= 15 is 0 Å². The van der Waals surface area contributed by atoms with Gasteiger partial charge >= 0.3 is 27.0 Å². The van der Waals surface area contributed by atoms with E-state index in [0.29, 0.717) is 5.56 Å². The minimum absolute atomic E-state index is 0.0293. The first-order valence-electron chi connectivity index (χ1n) is 14.0. The number of carbonyl (C=O) groups excluding carboxylic acids is 2. The van der Waals surface area contributed by atoms with Crippen LogP contribution in [0.2, 0.25) is 0 Å². The molecule has 2 saturated heterocycles. The minimum Gasteiger partial charge on any atom is -0.445 e. The highest BCUT2D eigenvalue weighted by Crippen LogP contribution is 2.46. The predicted molar refractivity (Wildman–Crippen MR) is 158 cm³/mol. The fraction of sp³-hybridized carbons (Fsp3) is 0.538. The Balaban J connectivity index is 1.36. The van der Waals surface area contributed by atoms with Gasteiger partial charge in [0.05, 0.1) is 17.1 Å². The normalized spacial score (nSPS) is 23.7. The summed E-state index contributed by atoms with van der Waals surface area (Å²) in [6.07, 6.45) is -5.33. The van der Waals surface area contributed by atoms with Gasteiger partial charge in [-0.05, 0) is 50.5 Å². The van der Waals surface area contributed by atoms with Gasteiger partial charge in [0.25, 0.3) is 0 Å². The minimum atomic E-state index is -4.78. The molecule has 2 unspecified atom stereocenters. The highest BCUT2D eigenvalue weighted by molar-refractivity contribution is 7.60. The van der Waals surface area contributed by atoms with Gasteiger partial charge in [-0.3, -0.25) is 18.5 Å². The molecule has 18 nitrogen and oxygen atoms in total. The molecular weight excluding hydrogens is 654 g/mol. The van der Waals surface area contributed by atoms with Gasteiger partial charge in [-0.25, -0.2) is 9.59 Å². The summed E-state index contributed by atoms with van der Waals surface area (Å²) in [6.45, 7) is 3.76. The number of aromatic nitrogens is 2. The molecule has 0 saturated carbocycles. The number of hydrogen-bond donors (Lipinski definition) is 7. The van der Waals surface area contributed by atoms with E-state index in [9.17, 15) is 48.2 Å². The second-order valence-electron chi connectivity index (χ2n) is 11.3. The monoisotopic (exact) mass is 690 g/mol. The van der Waals surface area contributed by atoms with Crippen LogP contribution in [0.5, 0.6) is 0 Å². The van der Waals surface area contributed by atoms with Crippen molar-refractivity contribution >= 4 is 38.3 Å². The number of fused-ring (bicyclic) bond motifs is 1. The van der Waals surface area contributed by atoms with E-state index in [-0.39, 0.29) is 30.6 Å². The molecule has 2 aromatic rings. The Bertz CT molecular complexity index is 1570. The number of ether oxygens (including phenoxy) is 4. The van der Waals surface area contributed by atoms with Gasteiger partial charge in [0.15, 0.2) is 12.0 Å². The summed E-state index contributed by atoms with van der Waals surface area (Å²) >= 11 is 0. The standard InChI is InChI=1S/C26H36N4O14P2/c1-14(31)28-19-10-11-30(24(33)29-19)23-22-21(43-26(2,3)44-22)20(42-23)18(32)9-8-17(46(38,39)40)12-27-25(34)41-13-15-4-6-16(7-5-15)45(35,36)37/h4-7,10-11,17-18,20-23,32H,8-9,12-13H2,1-3H3,(H,27,34)(H2,35,36,37)(H2,38,39,40)(H,28,29,31,33)/t17?,18?,20-,21-,22-,23-/m1/s1. The van der Waals surface area contributed by atoms with Crippen molar-refractivity contribution in [3.63, 3.8) is 0 Å². The lowest BCUT2D eigenvalue weighted by Crippen LogP contribution is -2.39. The number of benzene rings is 1. The molecule has 3 heterocycles. The molecule has 0 aliphatic carbocycles. The summed E-state index contributed by atoms with van der Waals surface area (Å²) in [5, 5.41) is 15.6. The third-order valence-electron chi connectivity index (χ3n) is 7.25. The molecule has 2 amide bonds. The molecular formula is C26H36N4O14P2. The molecule has 0 bridgehead atoms. The van der Waals surface area contributed by atoms with Crippen molar-refractivity contribution in [2.24, 2.45) is 0 Å². The van der Waals surface area contributed by atoms with Crippen LogP contribution in [0.25, 0.3) is 0 Å². The SMILES string of the molecule is CC(=O)Nc1ccn([C@@H]2O[C@H](C(O)CCC(CNC(=O)OCc3ccc(P(=O)(O)O)cc3)P(=O)(O)O)[C@H]3OC(C)(C)O[C@H]32)c(=O)n1. The average Bonchev–Trinajstić information content (AvgIpc) is 3.43. The number of amides is 2. The second kappa shape index (κ2) is 14.0. The van der Waals surface area contributed by atoms with E-state index in [1.165, 1.54) is 43.5 Å². The van der Waals surface area contributed by atoms with Crippen molar-refractivity contribution < 1.29 is 62.3 Å². The Labute approximate surface area is 262 Å². The first-order valence-corrected chi connectivity index (χ1v) is 17.3. The van der Waals surface area contributed by atoms with Crippen molar-refractivity contribution in [3.05, 3.63) is 52.6 Å². The molecule has 0 spiro atoms. The van der Waals surface area contributed by atoms with Crippen LogP contribution in [0.3, 0.4) is 0 Å². The molecule has 254 valence electrons. The molecule has 2 aliphatic heterocycles. The van der Waals surface area contributed by atoms with Crippen LogP contribution >= 0.6 is 15.2 Å². The highest BCUT2D eigenvalue weighted by atomic mass is 31.2. The smallest absolute Gasteiger partial charge is 0.407 e. The maximum Gasteiger partial charge on any atom is 0.407 e. The largest absolute Gasteiger partial charge is 0.445 e. The lowest BCUT2D eigenvalue weighted by Gasteiger charge is -2.28. The predicted octanol–water partition coefficient (Wildman–Crippen LogP) is 0.0360. The Morgan fingerprint density at radius 3 is 2.30 bits per heavy atom. The third kappa shape index (κ3) is 9.07. The molecule has 20 heteroatoms. The first-order chi connectivity index (χ1) is 21.3. The maximum absolute atomic E-state index is 12.8. The highest BCUT2D eigenvalue weighted by Gasteiger charge is 2.57. The number of aliphatic hydroxyl groups excluding tert-OH is 1. The van der Waals surface area contributed by atoms with E-state index in [2.05, 4.69) is 15.6 Å². The molecule has 0 radical (unpaired) electrons. The van der Waals surface area contributed by atoms with Crippen molar-refractivity contribution in [2.45, 2.75) is 82.3 Å². The van der Waals surface area contributed by atoms with Crippen LogP contribution in [0.15, 0.2) is 41.3 Å². The maximum atomic E-state index is 12.8. The molecule has 2 fully saturated rings. The van der Waals surface area contributed by atoms with Crippen LogP contribution in [0.1, 0.15) is 45.4 Å². The van der Waals surface area contributed by atoms with Crippen LogP contribution in [-0.4, -0.2) is 88.6 Å². The summed E-state index contributed by atoms with van der Waals surface area (Å²) in [5.74, 6) is -1.50. The van der Waals surface area contributed by atoms with E-state index in [0.717, 1.165) is 4.57 Å². The molecule has 7 N–H and O–H groups in total. The van der Waals surface area contributed by atoms with Gasteiger partial charge in [0.1, 0.15) is 30.7 Å². The molecule has 2 aliphatic rings. The average molecular weight is 691 g/mol. The lowest BCUT2D eigenvalue weighted by atomic mass is 10.0. The third-order valence-corrected chi connectivity index (χ3v) is 9.61. The topological polar surface area (TPSA) is 265 Å². The number of carbonyl (C=O) groups is 2. The molecule has 1 aromatic heterocycles. The van der Waals surface area contributed by atoms with Crippen LogP contribution < -0.4 is 21.6 Å². The zero-order chi connectivity index (χ0) is 34.0. The number of hydrogen-bond acceptors (Lipinski definition) is 11. The van der Waals surface area contributed by atoms with Gasteiger partial charge in [0.2, 0.25) is 5.91 Å². The van der Waals surface area contributed by atoms with Gasteiger partial charge in [-0.15, -0.1) is 0 Å². The lowest BCUT2D eigenvalue weighted by molar-refractivity contribution is -0.208. The van der Waals surface area contributed by atoms with Gasteiger partial charge in [0, 0.05) is 19.7 Å². The quantitative estimate of drug-likeness (QED) is 0.145. The van der Waals surface area contributed by atoms with Crippen LogP contribution in [0, 0.1) is 0 Å². The fourth-order valence-corrected chi connectivity index (χ4v) is 6.45. The first kappa shape index (κ1) is 35.8. The van der Waals surface area contributed by atoms with Crippen LogP contribution in [0.4, 0.5) is 10.6 Å². The molecule has 6 atom stereocenters. The Morgan fingerprint density at radius 1 is 1.07 bits per heavy atom. The van der Waals surface area contributed by atoms with Gasteiger partial charge in [-0.1, -0.05) is 12.1 Å². The van der Waals surface area contributed by atoms with Crippen molar-refractivity contribution in [2.75, 3.05) is 11.9 Å². The number of alkyl carbamates (subject to hydrolysis) is 1. The van der Waals surface area contributed by atoms with Crippen molar-refractivity contribution in [3.8, 4) is 0 Å². The fourth-order valence-electron chi connectivity index (χ4n) is 5.10. The van der Waals surface area contributed by atoms with Crippen molar-refractivity contribution in [1.29, 1.82) is 0 Å². The number of nitrogens with one attached hydrogen (secondary N) is 2. The van der Waals surface area contributed by atoms with E-state index in [4.69, 9.17) is 18.9 Å². The number of aliphatic hydroxyl groups is 1. The summed E-state index contributed by atoms with van der Waals surface area (Å²) in [7, 11) is -9.21. The van der Waals surface area contributed by atoms with Gasteiger partial charge < -0.3 is 54.3 Å². The molecule has 1 aromatic carbocycles.